The Morgan fingerprint density at radius 2 is 2.11 bits per heavy atom. The van der Waals surface area contributed by atoms with E-state index in [4.69, 9.17) is 5.73 Å². The fourth-order valence-electron chi connectivity index (χ4n) is 2.54. The number of nitrogens with one attached hydrogen (secondary N) is 1. The van der Waals surface area contributed by atoms with Crippen LogP contribution in [0.5, 0.6) is 0 Å². The fraction of sp³-hybridized carbons (Fsp3) is 0.615. The van der Waals surface area contributed by atoms with E-state index in [0.29, 0.717) is 18.1 Å². The first-order valence-electron chi connectivity index (χ1n) is 6.65. The molecule has 104 valence electrons. The monoisotopic (exact) mass is 264 g/mol. The quantitative estimate of drug-likeness (QED) is 0.643. The smallest absolute Gasteiger partial charge is 0.290 e. The molecule has 3 N–H and O–H groups in total. The Bertz CT molecular complexity index is 470. The van der Waals surface area contributed by atoms with Gasteiger partial charge in [-0.25, -0.2) is 4.98 Å². The molecule has 6 nitrogen and oxygen atoms in total. The summed E-state index contributed by atoms with van der Waals surface area (Å²) in [6, 6.07) is 3.12. The lowest BCUT2D eigenvalue weighted by atomic mass is 9.82. The average Bonchev–Trinajstić information content (AvgIpc) is 2.37. The summed E-state index contributed by atoms with van der Waals surface area (Å²) in [4.78, 5) is 14.5. The van der Waals surface area contributed by atoms with Crippen LogP contribution in [0.3, 0.4) is 0 Å². The van der Waals surface area contributed by atoms with Crippen LogP contribution in [0.1, 0.15) is 37.8 Å². The Kier molecular flexibility index (Phi) is 3.99. The molecule has 0 atom stereocenters. The van der Waals surface area contributed by atoms with Gasteiger partial charge in [-0.3, -0.25) is 10.1 Å². The highest BCUT2D eigenvalue weighted by Crippen LogP contribution is 2.26. The molecule has 2 rings (SSSR count). The van der Waals surface area contributed by atoms with Gasteiger partial charge >= 0.3 is 0 Å². The van der Waals surface area contributed by atoms with Crippen LogP contribution in [-0.4, -0.2) is 22.0 Å². The van der Waals surface area contributed by atoms with E-state index in [9.17, 15) is 10.1 Å². The van der Waals surface area contributed by atoms with Gasteiger partial charge < -0.3 is 11.1 Å². The lowest BCUT2D eigenvalue weighted by Crippen LogP contribution is -2.47. The normalized spacial score (nSPS) is 18.0. The Morgan fingerprint density at radius 1 is 1.42 bits per heavy atom. The molecule has 0 amide bonds. The Morgan fingerprint density at radius 3 is 2.68 bits per heavy atom. The summed E-state index contributed by atoms with van der Waals surface area (Å²) in [5.74, 6) is 0.651. The van der Waals surface area contributed by atoms with Crippen LogP contribution in [-0.2, 0) is 0 Å². The number of hydrogen-bond donors (Lipinski definition) is 2. The summed E-state index contributed by atoms with van der Waals surface area (Å²) in [7, 11) is 0. The van der Waals surface area contributed by atoms with Crippen LogP contribution in [0.2, 0.25) is 0 Å². The minimum atomic E-state index is -0.419. The third-order valence-corrected chi connectivity index (χ3v) is 3.73. The predicted molar refractivity (Wildman–Crippen MR) is 74.1 cm³/mol. The first-order valence-corrected chi connectivity index (χ1v) is 6.65. The van der Waals surface area contributed by atoms with Crippen molar-refractivity contribution in [1.29, 1.82) is 0 Å². The SMILES string of the molecule is Cc1nc(NCC2(N)CCCCC2)ccc1[N+](=O)[O-]. The van der Waals surface area contributed by atoms with Gasteiger partial charge in [-0.15, -0.1) is 0 Å². The zero-order valence-electron chi connectivity index (χ0n) is 11.2. The van der Waals surface area contributed by atoms with Gasteiger partial charge in [-0.2, -0.15) is 0 Å². The molecular formula is C13H20N4O2. The Labute approximate surface area is 112 Å². The average molecular weight is 264 g/mol. The number of hydrogen-bond acceptors (Lipinski definition) is 5. The second-order valence-corrected chi connectivity index (χ2v) is 5.33. The van der Waals surface area contributed by atoms with Crippen molar-refractivity contribution < 1.29 is 4.92 Å². The molecule has 0 aromatic carbocycles. The van der Waals surface area contributed by atoms with Crippen molar-refractivity contribution in [2.75, 3.05) is 11.9 Å². The number of nitrogens with zero attached hydrogens (tertiary/aromatic N) is 2. The van der Waals surface area contributed by atoms with Gasteiger partial charge in [0, 0.05) is 18.2 Å². The lowest BCUT2D eigenvalue weighted by molar-refractivity contribution is -0.385. The van der Waals surface area contributed by atoms with Gasteiger partial charge in [0.25, 0.3) is 5.69 Å². The van der Waals surface area contributed by atoms with Crippen LogP contribution in [0.4, 0.5) is 11.5 Å². The van der Waals surface area contributed by atoms with E-state index >= 15 is 0 Å². The number of pyridine rings is 1. The van der Waals surface area contributed by atoms with Crippen LogP contribution in [0.15, 0.2) is 12.1 Å². The maximum atomic E-state index is 10.7. The highest BCUT2D eigenvalue weighted by atomic mass is 16.6. The molecule has 1 heterocycles. The number of aromatic nitrogens is 1. The molecule has 0 bridgehead atoms. The van der Waals surface area contributed by atoms with E-state index in [0.717, 1.165) is 12.8 Å². The number of rotatable bonds is 4. The second kappa shape index (κ2) is 5.52. The molecule has 1 aliphatic rings. The number of nitrogens with two attached hydrogens (primary N) is 1. The van der Waals surface area contributed by atoms with Crippen molar-refractivity contribution in [2.45, 2.75) is 44.6 Å². The number of nitro groups is 1. The topological polar surface area (TPSA) is 94.1 Å². The highest BCUT2D eigenvalue weighted by molar-refractivity contribution is 5.45. The number of aryl methyl sites for hydroxylation is 1. The van der Waals surface area contributed by atoms with Crippen LogP contribution in [0, 0.1) is 17.0 Å². The van der Waals surface area contributed by atoms with E-state index < -0.39 is 4.92 Å². The minimum absolute atomic E-state index is 0.0469. The van der Waals surface area contributed by atoms with Gasteiger partial charge in [0.1, 0.15) is 11.5 Å². The second-order valence-electron chi connectivity index (χ2n) is 5.33. The molecule has 6 heteroatoms. The van der Waals surface area contributed by atoms with Crippen LogP contribution < -0.4 is 11.1 Å². The van der Waals surface area contributed by atoms with E-state index in [1.54, 1.807) is 13.0 Å². The Hall–Kier alpha value is -1.69. The molecule has 1 aromatic heterocycles. The fourth-order valence-corrected chi connectivity index (χ4v) is 2.54. The molecular weight excluding hydrogens is 244 g/mol. The molecule has 0 unspecified atom stereocenters. The van der Waals surface area contributed by atoms with E-state index in [1.807, 2.05) is 0 Å². The van der Waals surface area contributed by atoms with Gasteiger partial charge in [-0.05, 0) is 25.8 Å². The summed E-state index contributed by atoms with van der Waals surface area (Å²) < 4.78 is 0. The summed E-state index contributed by atoms with van der Waals surface area (Å²) in [6.07, 6.45) is 5.64. The third kappa shape index (κ3) is 3.41. The minimum Gasteiger partial charge on any atom is -0.368 e. The summed E-state index contributed by atoms with van der Waals surface area (Å²) in [5, 5.41) is 13.9. The molecule has 1 saturated carbocycles. The third-order valence-electron chi connectivity index (χ3n) is 3.73. The van der Waals surface area contributed by atoms with Gasteiger partial charge in [0.2, 0.25) is 0 Å². The van der Waals surface area contributed by atoms with Gasteiger partial charge in [-0.1, -0.05) is 19.3 Å². The van der Waals surface area contributed by atoms with E-state index in [1.165, 1.54) is 25.3 Å². The maximum Gasteiger partial charge on any atom is 0.290 e. The molecule has 0 spiro atoms. The largest absolute Gasteiger partial charge is 0.368 e. The van der Waals surface area contributed by atoms with Crippen molar-refractivity contribution in [3.05, 3.63) is 27.9 Å². The van der Waals surface area contributed by atoms with E-state index in [2.05, 4.69) is 10.3 Å². The lowest BCUT2D eigenvalue weighted by Gasteiger charge is -2.33. The first kappa shape index (κ1) is 13.7. The number of anilines is 1. The molecule has 1 aromatic rings. The van der Waals surface area contributed by atoms with Crippen LogP contribution >= 0.6 is 0 Å². The van der Waals surface area contributed by atoms with Crippen molar-refractivity contribution in [3.63, 3.8) is 0 Å². The predicted octanol–water partition coefficient (Wildman–Crippen LogP) is 2.37. The summed E-state index contributed by atoms with van der Waals surface area (Å²) >= 11 is 0. The van der Waals surface area contributed by atoms with Crippen molar-refractivity contribution in [3.8, 4) is 0 Å². The molecule has 1 fully saturated rings. The summed E-state index contributed by atoms with van der Waals surface area (Å²) in [5.41, 5.74) is 6.62. The van der Waals surface area contributed by atoms with Gasteiger partial charge in [0.05, 0.1) is 4.92 Å². The van der Waals surface area contributed by atoms with Crippen molar-refractivity contribution >= 4 is 11.5 Å². The van der Waals surface area contributed by atoms with Crippen LogP contribution in [0.25, 0.3) is 0 Å². The zero-order chi connectivity index (χ0) is 13.9. The molecule has 0 saturated heterocycles. The van der Waals surface area contributed by atoms with Crippen molar-refractivity contribution in [2.24, 2.45) is 5.73 Å². The molecule has 0 aliphatic heterocycles. The first-order chi connectivity index (χ1) is 9.00. The van der Waals surface area contributed by atoms with Crippen molar-refractivity contribution in [1.82, 2.24) is 4.98 Å². The zero-order valence-corrected chi connectivity index (χ0v) is 11.2. The molecule has 1 aliphatic carbocycles. The molecule has 19 heavy (non-hydrogen) atoms. The van der Waals surface area contributed by atoms with Gasteiger partial charge in [0.15, 0.2) is 0 Å². The Balaban J connectivity index is 2.00. The summed E-state index contributed by atoms with van der Waals surface area (Å²) in [6.45, 7) is 2.30. The van der Waals surface area contributed by atoms with E-state index in [-0.39, 0.29) is 11.2 Å². The standard InChI is InChI=1S/C13H20N4O2/c1-10-11(17(18)19)5-6-12(16-10)15-9-13(14)7-3-2-4-8-13/h5-6H,2-4,7-9,14H2,1H3,(H,15,16). The molecule has 0 radical (unpaired) electrons. The maximum absolute atomic E-state index is 10.7. The highest BCUT2D eigenvalue weighted by Gasteiger charge is 2.27.